The summed E-state index contributed by atoms with van der Waals surface area (Å²) >= 11 is 6.09. The molecule has 0 radical (unpaired) electrons. The highest BCUT2D eigenvalue weighted by molar-refractivity contribution is 6.33. The zero-order valence-electron chi connectivity index (χ0n) is 9.28. The maximum atomic E-state index is 6.09. The van der Waals surface area contributed by atoms with Gasteiger partial charge in [-0.15, -0.1) is 0 Å². The zero-order chi connectivity index (χ0) is 11.3. The minimum Gasteiger partial charge on any atom is -0.369 e. The second-order valence-corrected chi connectivity index (χ2v) is 4.36. The molecule has 2 N–H and O–H groups in total. The largest absolute Gasteiger partial charge is 0.369 e. The van der Waals surface area contributed by atoms with Crippen LogP contribution in [0.2, 0.25) is 5.02 Å². The number of rotatable bonds is 5. The van der Waals surface area contributed by atoms with E-state index in [9.17, 15) is 0 Å². The van der Waals surface area contributed by atoms with Gasteiger partial charge in [-0.05, 0) is 12.0 Å². The van der Waals surface area contributed by atoms with Crippen molar-refractivity contribution in [3.63, 3.8) is 0 Å². The molecule has 0 amide bonds. The fourth-order valence-electron chi connectivity index (χ4n) is 1.53. The molecule has 0 aliphatic heterocycles. The molecular weight excluding hydrogens is 210 g/mol. The zero-order valence-corrected chi connectivity index (χ0v) is 10.0. The number of hydrogen-bond acceptors (Lipinski definition) is 3. The second kappa shape index (κ2) is 5.93. The van der Waals surface area contributed by atoms with Crippen molar-refractivity contribution in [2.75, 3.05) is 24.5 Å². The van der Waals surface area contributed by atoms with E-state index in [1.165, 1.54) is 0 Å². The van der Waals surface area contributed by atoms with E-state index in [0.717, 1.165) is 18.8 Å². The monoisotopic (exact) mass is 227 g/mol. The topological polar surface area (TPSA) is 42.1 Å². The maximum Gasteiger partial charge on any atom is 0.0822 e. The third-order valence-corrected chi connectivity index (χ3v) is 2.37. The van der Waals surface area contributed by atoms with Crippen molar-refractivity contribution in [3.8, 4) is 0 Å². The van der Waals surface area contributed by atoms with Gasteiger partial charge in [0.2, 0.25) is 0 Å². The second-order valence-electron chi connectivity index (χ2n) is 3.96. The van der Waals surface area contributed by atoms with E-state index < -0.39 is 0 Å². The SMILES string of the molecule is CC(C)CN(CCN)c1ccncc1Cl. The molecule has 15 heavy (non-hydrogen) atoms. The molecule has 0 spiro atoms. The van der Waals surface area contributed by atoms with Crippen LogP contribution in [-0.4, -0.2) is 24.6 Å². The molecule has 0 aromatic carbocycles. The third-order valence-electron chi connectivity index (χ3n) is 2.08. The first kappa shape index (κ1) is 12.3. The lowest BCUT2D eigenvalue weighted by Crippen LogP contribution is -2.32. The molecule has 0 aliphatic carbocycles. The average Bonchev–Trinajstić information content (AvgIpc) is 2.17. The molecule has 0 bridgehead atoms. The van der Waals surface area contributed by atoms with E-state index in [4.69, 9.17) is 17.3 Å². The summed E-state index contributed by atoms with van der Waals surface area (Å²) in [6.07, 6.45) is 3.42. The summed E-state index contributed by atoms with van der Waals surface area (Å²) in [6, 6.07) is 1.93. The van der Waals surface area contributed by atoms with Crippen molar-refractivity contribution < 1.29 is 0 Å². The maximum absolute atomic E-state index is 6.09. The van der Waals surface area contributed by atoms with Crippen LogP contribution in [0.3, 0.4) is 0 Å². The van der Waals surface area contributed by atoms with E-state index in [1.54, 1.807) is 12.4 Å². The van der Waals surface area contributed by atoms with Gasteiger partial charge >= 0.3 is 0 Å². The smallest absolute Gasteiger partial charge is 0.0822 e. The fourth-order valence-corrected chi connectivity index (χ4v) is 1.77. The Morgan fingerprint density at radius 1 is 1.53 bits per heavy atom. The Morgan fingerprint density at radius 3 is 2.80 bits per heavy atom. The molecule has 1 heterocycles. The molecule has 0 saturated carbocycles. The van der Waals surface area contributed by atoms with Gasteiger partial charge in [-0.2, -0.15) is 0 Å². The van der Waals surface area contributed by atoms with Crippen LogP contribution in [0, 0.1) is 5.92 Å². The van der Waals surface area contributed by atoms with Crippen LogP contribution in [0.1, 0.15) is 13.8 Å². The van der Waals surface area contributed by atoms with Gasteiger partial charge in [0.25, 0.3) is 0 Å². The summed E-state index contributed by atoms with van der Waals surface area (Å²) in [5.41, 5.74) is 6.61. The Morgan fingerprint density at radius 2 is 2.27 bits per heavy atom. The Bertz CT molecular complexity index is 302. The van der Waals surface area contributed by atoms with Crippen LogP contribution in [0.15, 0.2) is 18.5 Å². The summed E-state index contributed by atoms with van der Waals surface area (Å²) in [4.78, 5) is 6.18. The first-order valence-electron chi connectivity index (χ1n) is 5.19. The number of aromatic nitrogens is 1. The summed E-state index contributed by atoms with van der Waals surface area (Å²) in [7, 11) is 0. The number of halogens is 1. The summed E-state index contributed by atoms with van der Waals surface area (Å²) < 4.78 is 0. The number of pyridine rings is 1. The van der Waals surface area contributed by atoms with Crippen molar-refractivity contribution in [1.82, 2.24) is 4.98 Å². The van der Waals surface area contributed by atoms with Crippen LogP contribution in [0.5, 0.6) is 0 Å². The number of nitrogens with two attached hydrogens (primary N) is 1. The first-order valence-corrected chi connectivity index (χ1v) is 5.57. The van der Waals surface area contributed by atoms with Crippen molar-refractivity contribution in [1.29, 1.82) is 0 Å². The highest BCUT2D eigenvalue weighted by Crippen LogP contribution is 2.24. The van der Waals surface area contributed by atoms with Crippen LogP contribution in [-0.2, 0) is 0 Å². The summed E-state index contributed by atoms with van der Waals surface area (Å²) in [5, 5.41) is 0.687. The van der Waals surface area contributed by atoms with E-state index >= 15 is 0 Å². The van der Waals surface area contributed by atoms with E-state index in [0.29, 0.717) is 17.5 Å². The Hall–Kier alpha value is -0.800. The van der Waals surface area contributed by atoms with Gasteiger partial charge < -0.3 is 10.6 Å². The Balaban J connectivity index is 2.83. The van der Waals surface area contributed by atoms with Gasteiger partial charge in [0.05, 0.1) is 10.7 Å². The summed E-state index contributed by atoms with van der Waals surface area (Å²) in [6.45, 7) is 6.77. The molecule has 1 rings (SSSR count). The van der Waals surface area contributed by atoms with Crippen LogP contribution in [0.4, 0.5) is 5.69 Å². The molecule has 0 atom stereocenters. The van der Waals surface area contributed by atoms with Crippen molar-refractivity contribution in [3.05, 3.63) is 23.5 Å². The van der Waals surface area contributed by atoms with Gasteiger partial charge in [-0.3, -0.25) is 4.98 Å². The molecule has 0 fully saturated rings. The lowest BCUT2D eigenvalue weighted by Gasteiger charge is -2.26. The quantitative estimate of drug-likeness (QED) is 0.838. The highest BCUT2D eigenvalue weighted by atomic mass is 35.5. The van der Waals surface area contributed by atoms with E-state index in [2.05, 4.69) is 23.7 Å². The number of hydrogen-bond donors (Lipinski definition) is 1. The Labute approximate surface area is 96.2 Å². The molecule has 0 aliphatic rings. The minimum absolute atomic E-state index is 0.584. The van der Waals surface area contributed by atoms with Gasteiger partial charge in [-0.25, -0.2) is 0 Å². The van der Waals surface area contributed by atoms with Crippen LogP contribution < -0.4 is 10.6 Å². The number of anilines is 1. The van der Waals surface area contributed by atoms with E-state index in [-0.39, 0.29) is 0 Å². The van der Waals surface area contributed by atoms with Crippen molar-refractivity contribution in [2.45, 2.75) is 13.8 Å². The van der Waals surface area contributed by atoms with Crippen molar-refractivity contribution >= 4 is 17.3 Å². The normalized spacial score (nSPS) is 10.7. The third kappa shape index (κ3) is 3.68. The molecule has 0 unspecified atom stereocenters. The van der Waals surface area contributed by atoms with Gasteiger partial charge in [0, 0.05) is 32.0 Å². The first-order chi connectivity index (χ1) is 7.15. The van der Waals surface area contributed by atoms with Crippen molar-refractivity contribution in [2.24, 2.45) is 11.7 Å². The standard InChI is InChI=1S/C11H18ClN3/c1-9(2)8-15(6-4-13)11-3-5-14-7-10(11)12/h3,5,7,9H,4,6,8,13H2,1-2H3. The predicted octanol–water partition coefficient (Wildman–Crippen LogP) is 2.16. The predicted molar refractivity (Wildman–Crippen MR) is 65.4 cm³/mol. The molecule has 1 aromatic rings. The van der Waals surface area contributed by atoms with Crippen LogP contribution in [0.25, 0.3) is 0 Å². The number of nitrogens with zero attached hydrogens (tertiary/aromatic N) is 2. The molecule has 3 nitrogen and oxygen atoms in total. The Kier molecular flexibility index (Phi) is 4.85. The highest BCUT2D eigenvalue weighted by Gasteiger charge is 2.10. The fraction of sp³-hybridized carbons (Fsp3) is 0.545. The average molecular weight is 228 g/mol. The minimum atomic E-state index is 0.584. The molecule has 4 heteroatoms. The van der Waals surface area contributed by atoms with Gasteiger partial charge in [0.1, 0.15) is 0 Å². The lowest BCUT2D eigenvalue weighted by atomic mass is 10.2. The molecular formula is C11H18ClN3. The van der Waals surface area contributed by atoms with Crippen LogP contribution >= 0.6 is 11.6 Å². The van der Waals surface area contributed by atoms with Gasteiger partial charge in [-0.1, -0.05) is 25.4 Å². The molecule has 1 aromatic heterocycles. The summed E-state index contributed by atoms with van der Waals surface area (Å²) in [5.74, 6) is 0.584. The van der Waals surface area contributed by atoms with Gasteiger partial charge in [0.15, 0.2) is 0 Å². The molecule has 0 saturated heterocycles. The lowest BCUT2D eigenvalue weighted by molar-refractivity contribution is 0.611. The molecule has 84 valence electrons. The van der Waals surface area contributed by atoms with E-state index in [1.807, 2.05) is 6.07 Å².